The molecule has 5 nitrogen and oxygen atoms in total. The van der Waals surface area contributed by atoms with E-state index in [2.05, 4.69) is 222 Å². The first-order chi connectivity index (χ1) is 32.7. The van der Waals surface area contributed by atoms with Gasteiger partial charge in [-0.15, -0.1) is 0 Å². The molecule has 0 unspecified atom stereocenters. The van der Waals surface area contributed by atoms with Gasteiger partial charge in [0.05, 0.1) is 27.9 Å². The lowest BCUT2D eigenvalue weighted by Crippen LogP contribution is -2.32. The van der Waals surface area contributed by atoms with Crippen molar-refractivity contribution >= 4 is 78.0 Å². The summed E-state index contributed by atoms with van der Waals surface area (Å²) in [7, 11) is 0. The van der Waals surface area contributed by atoms with Crippen molar-refractivity contribution in [1.29, 1.82) is 0 Å². The Balaban J connectivity index is 1.09. The van der Waals surface area contributed by atoms with Gasteiger partial charge < -0.3 is 23.4 Å². The lowest BCUT2D eigenvalue weighted by atomic mass is 9.66. The zero-order valence-electron chi connectivity index (χ0n) is 35.6. The van der Waals surface area contributed by atoms with Crippen LogP contribution in [-0.4, -0.2) is 0 Å². The second kappa shape index (κ2) is 14.1. The van der Waals surface area contributed by atoms with E-state index >= 15 is 0 Å². The van der Waals surface area contributed by atoms with Crippen molar-refractivity contribution in [3.8, 4) is 22.6 Å². The number of furan rings is 2. The van der Waals surface area contributed by atoms with E-state index in [0.717, 1.165) is 101 Å². The second-order valence-corrected chi connectivity index (χ2v) is 17.2. The van der Waals surface area contributed by atoms with Gasteiger partial charge in [-0.2, -0.15) is 0 Å². The molecule has 10 aromatic carbocycles. The van der Waals surface area contributed by atoms with Crippen LogP contribution in [0.15, 0.2) is 239 Å². The van der Waals surface area contributed by atoms with E-state index in [1.165, 1.54) is 22.3 Å². The molecule has 1 aliphatic carbocycles. The van der Waals surface area contributed by atoms with Crippen LogP contribution in [0.4, 0.5) is 34.1 Å². The van der Waals surface area contributed by atoms with Crippen molar-refractivity contribution in [3.05, 3.63) is 253 Å². The minimum Gasteiger partial charge on any atom is -0.457 e. The maximum Gasteiger partial charge on any atom is 0.159 e. The minimum atomic E-state index is -0.598. The van der Waals surface area contributed by atoms with Crippen LogP contribution < -0.4 is 14.5 Å². The largest absolute Gasteiger partial charge is 0.457 e. The summed E-state index contributed by atoms with van der Waals surface area (Å²) in [5, 5.41) is 4.08. The standard InChI is InChI=1S/C61H38N2O3/c1-3-18-39(19-4-1)62(40-20-5-2-6-21-40)42-36-47-45-24-9-14-30-54(45)66-60(47)53(37-42)63(52-29-17-33-57-59(52)46-25-10-15-31-55(46)64-57)41-34-35-51-58(38-41)65-56-32-16-13-28-50(56)61(51)48-26-11-7-22-43(48)44-23-8-12-27-49(44)61/h1-38H. The van der Waals surface area contributed by atoms with E-state index in [4.69, 9.17) is 13.6 Å². The lowest BCUT2D eigenvalue weighted by Gasteiger charge is -2.40. The van der Waals surface area contributed by atoms with Gasteiger partial charge in [0, 0.05) is 50.4 Å². The molecule has 3 heterocycles. The molecule has 0 saturated carbocycles. The van der Waals surface area contributed by atoms with Gasteiger partial charge in [0.15, 0.2) is 5.58 Å². The Hall–Kier alpha value is -8.80. The number of para-hydroxylation sites is 5. The summed E-state index contributed by atoms with van der Waals surface area (Å²) in [5.74, 6) is 1.63. The maximum absolute atomic E-state index is 7.14. The molecule has 2 aliphatic rings. The molecule has 0 atom stereocenters. The van der Waals surface area contributed by atoms with Gasteiger partial charge >= 0.3 is 0 Å². The normalized spacial score (nSPS) is 13.1. The van der Waals surface area contributed by atoms with E-state index in [1.807, 2.05) is 18.2 Å². The molecule has 66 heavy (non-hydrogen) atoms. The smallest absolute Gasteiger partial charge is 0.159 e. The molecule has 0 fully saturated rings. The first kappa shape index (κ1) is 36.7. The molecular weight excluding hydrogens is 809 g/mol. The van der Waals surface area contributed by atoms with Crippen LogP contribution >= 0.6 is 0 Å². The fourth-order valence-electron chi connectivity index (χ4n) is 11.0. The molecule has 0 saturated heterocycles. The van der Waals surface area contributed by atoms with Crippen molar-refractivity contribution in [2.24, 2.45) is 0 Å². The number of hydrogen-bond acceptors (Lipinski definition) is 5. The van der Waals surface area contributed by atoms with Crippen molar-refractivity contribution in [3.63, 3.8) is 0 Å². The average molecular weight is 847 g/mol. The lowest BCUT2D eigenvalue weighted by molar-refractivity contribution is 0.436. The first-order valence-corrected chi connectivity index (χ1v) is 22.4. The Labute approximate surface area is 380 Å². The number of fused-ring (bicyclic) bond motifs is 15. The number of rotatable bonds is 6. The zero-order valence-corrected chi connectivity index (χ0v) is 35.6. The average Bonchev–Trinajstić information content (AvgIpc) is 4.04. The minimum absolute atomic E-state index is 0.598. The molecule has 14 rings (SSSR count). The predicted octanol–water partition coefficient (Wildman–Crippen LogP) is 16.9. The molecule has 5 heteroatoms. The number of anilines is 6. The van der Waals surface area contributed by atoms with Crippen molar-refractivity contribution in [1.82, 2.24) is 0 Å². The molecule has 12 aromatic rings. The Morgan fingerprint density at radius 2 is 0.894 bits per heavy atom. The van der Waals surface area contributed by atoms with Gasteiger partial charge in [-0.1, -0.05) is 152 Å². The molecule has 1 aliphatic heterocycles. The maximum atomic E-state index is 7.14. The third-order valence-corrected chi connectivity index (χ3v) is 13.7. The molecular formula is C61H38N2O3. The van der Waals surface area contributed by atoms with E-state index in [9.17, 15) is 0 Å². The third kappa shape index (κ3) is 5.16. The Kier molecular flexibility index (Phi) is 7.83. The van der Waals surface area contributed by atoms with Crippen LogP contribution in [0.25, 0.3) is 55.0 Å². The summed E-state index contributed by atoms with van der Waals surface area (Å²) in [6.45, 7) is 0. The van der Waals surface area contributed by atoms with Gasteiger partial charge in [-0.3, -0.25) is 0 Å². The summed E-state index contributed by atoms with van der Waals surface area (Å²) in [4.78, 5) is 4.67. The van der Waals surface area contributed by atoms with Gasteiger partial charge in [-0.25, -0.2) is 0 Å². The highest BCUT2D eigenvalue weighted by Crippen LogP contribution is 2.63. The highest BCUT2D eigenvalue weighted by Gasteiger charge is 2.51. The first-order valence-electron chi connectivity index (χ1n) is 22.4. The van der Waals surface area contributed by atoms with Gasteiger partial charge in [0.25, 0.3) is 0 Å². The van der Waals surface area contributed by atoms with E-state index in [-0.39, 0.29) is 0 Å². The summed E-state index contributed by atoms with van der Waals surface area (Å²) in [6, 6.07) is 81.7. The molecule has 2 aromatic heterocycles. The topological polar surface area (TPSA) is 42.0 Å². The van der Waals surface area contributed by atoms with Crippen LogP contribution in [-0.2, 0) is 5.41 Å². The van der Waals surface area contributed by atoms with Gasteiger partial charge in [0.1, 0.15) is 28.2 Å². The number of nitrogens with zero attached hydrogens (tertiary/aromatic N) is 2. The van der Waals surface area contributed by atoms with E-state index in [1.54, 1.807) is 0 Å². The van der Waals surface area contributed by atoms with Crippen LogP contribution in [0.1, 0.15) is 22.3 Å². The molecule has 0 bridgehead atoms. The molecule has 0 N–H and O–H groups in total. The molecule has 1 spiro atoms. The van der Waals surface area contributed by atoms with Crippen LogP contribution in [0.2, 0.25) is 0 Å². The molecule has 0 amide bonds. The zero-order chi connectivity index (χ0) is 43.3. The number of hydrogen-bond donors (Lipinski definition) is 0. The number of benzene rings is 10. The Morgan fingerprint density at radius 1 is 0.318 bits per heavy atom. The van der Waals surface area contributed by atoms with Crippen molar-refractivity contribution < 1.29 is 13.6 Å². The predicted molar refractivity (Wildman–Crippen MR) is 268 cm³/mol. The van der Waals surface area contributed by atoms with Crippen LogP contribution in [0.5, 0.6) is 11.5 Å². The van der Waals surface area contributed by atoms with E-state index in [0.29, 0.717) is 0 Å². The molecule has 0 radical (unpaired) electrons. The summed E-state index contributed by atoms with van der Waals surface area (Å²) in [6.07, 6.45) is 0. The number of ether oxygens (including phenoxy) is 1. The van der Waals surface area contributed by atoms with Crippen LogP contribution in [0.3, 0.4) is 0 Å². The fraction of sp³-hybridized carbons (Fsp3) is 0.0164. The summed E-state index contributed by atoms with van der Waals surface area (Å²) >= 11 is 0. The third-order valence-electron chi connectivity index (χ3n) is 13.7. The SMILES string of the molecule is c1ccc(N(c2ccccc2)c2cc(N(c3ccc4c(c3)Oc3ccccc3C43c4ccccc4-c4ccccc43)c3cccc4oc5ccccc5c34)c3oc4ccccc4c3c2)cc1. The van der Waals surface area contributed by atoms with Gasteiger partial charge in [-0.05, 0) is 95.1 Å². The summed E-state index contributed by atoms with van der Waals surface area (Å²) < 4.78 is 20.8. The van der Waals surface area contributed by atoms with Crippen molar-refractivity contribution in [2.75, 3.05) is 9.80 Å². The fourth-order valence-corrected chi connectivity index (χ4v) is 11.0. The second-order valence-electron chi connectivity index (χ2n) is 17.2. The van der Waals surface area contributed by atoms with Crippen molar-refractivity contribution in [2.45, 2.75) is 5.41 Å². The van der Waals surface area contributed by atoms with Gasteiger partial charge in [0.2, 0.25) is 0 Å². The molecule has 310 valence electrons. The Morgan fingerprint density at radius 3 is 1.62 bits per heavy atom. The quantitative estimate of drug-likeness (QED) is 0.167. The monoisotopic (exact) mass is 846 g/mol. The van der Waals surface area contributed by atoms with Crippen LogP contribution in [0, 0.1) is 0 Å². The highest BCUT2D eigenvalue weighted by atomic mass is 16.5. The van der Waals surface area contributed by atoms with E-state index < -0.39 is 5.41 Å². The Bertz CT molecular complexity index is 3800. The highest BCUT2D eigenvalue weighted by molar-refractivity contribution is 6.17. The summed E-state index contributed by atoms with van der Waals surface area (Å²) in [5.41, 5.74) is 15.6.